The third-order valence-corrected chi connectivity index (χ3v) is 25.9. The molecule has 11 aromatic carbocycles. The fourth-order valence-corrected chi connectivity index (χ4v) is 20.7. The van der Waals surface area contributed by atoms with Crippen LogP contribution in [0.4, 0.5) is 34.1 Å². The Morgan fingerprint density at radius 3 is 1.15 bits per heavy atom. The molecule has 1 aliphatic carbocycles. The summed E-state index contributed by atoms with van der Waals surface area (Å²) in [5, 5.41) is 7.30. The Kier molecular flexibility index (Phi) is 14.0. The molecule has 1 unspecified atom stereocenters. The first kappa shape index (κ1) is 59.2. The average Bonchev–Trinajstić information content (AvgIpc) is 1.49. The van der Waals surface area contributed by atoms with E-state index in [-0.39, 0.29) is 21.7 Å². The van der Waals surface area contributed by atoms with Crippen LogP contribution >= 0.6 is 0 Å². The van der Waals surface area contributed by atoms with Crippen LogP contribution in [0.25, 0.3) is 55.0 Å². The second-order valence-corrected chi connectivity index (χ2v) is 34.8. The van der Waals surface area contributed by atoms with Gasteiger partial charge in [-0.25, -0.2) is 0 Å². The molecule has 1 fully saturated rings. The Morgan fingerprint density at radius 1 is 0.337 bits per heavy atom. The maximum Gasteiger partial charge on any atom is 0.160 e. The summed E-state index contributed by atoms with van der Waals surface area (Å²) < 4.78 is 15.2. The lowest BCUT2D eigenvalue weighted by Crippen LogP contribution is -2.56. The van der Waals surface area contributed by atoms with Gasteiger partial charge >= 0.3 is 0 Å². The molecular formula is C87H84N2O2Si. The molecule has 458 valence electrons. The van der Waals surface area contributed by atoms with Crippen LogP contribution in [-0.2, 0) is 27.1 Å². The second-order valence-electron chi connectivity index (χ2n) is 30.4. The van der Waals surface area contributed by atoms with Crippen molar-refractivity contribution in [2.45, 2.75) is 135 Å². The lowest BCUT2D eigenvalue weighted by Gasteiger charge is -2.37. The van der Waals surface area contributed by atoms with Gasteiger partial charge in [-0.3, -0.25) is 0 Å². The van der Waals surface area contributed by atoms with Crippen molar-refractivity contribution in [3.63, 3.8) is 0 Å². The van der Waals surface area contributed by atoms with E-state index in [0.29, 0.717) is 0 Å². The molecule has 1 atom stereocenters. The van der Waals surface area contributed by atoms with Crippen LogP contribution in [0, 0.1) is 0 Å². The highest BCUT2D eigenvalue weighted by Gasteiger charge is 2.51. The first-order valence-corrected chi connectivity index (χ1v) is 35.8. The van der Waals surface area contributed by atoms with Crippen molar-refractivity contribution in [3.05, 3.63) is 287 Å². The molecule has 2 aliphatic rings. The number of nitrogens with zero attached hydrogens (tertiary/aromatic N) is 2. The number of rotatable bonds is 10. The first-order chi connectivity index (χ1) is 44.1. The Bertz CT molecular complexity index is 4910. The van der Waals surface area contributed by atoms with Gasteiger partial charge in [0.25, 0.3) is 0 Å². The van der Waals surface area contributed by atoms with Gasteiger partial charge in [-0.2, -0.15) is 0 Å². The zero-order valence-electron chi connectivity index (χ0n) is 55.6. The van der Waals surface area contributed by atoms with Gasteiger partial charge in [0.05, 0.1) is 22.2 Å². The average molecular weight is 1220 g/mol. The van der Waals surface area contributed by atoms with E-state index in [4.69, 9.17) is 8.83 Å². The molecule has 15 rings (SSSR count). The standard InChI is InChI=1S/C87H84N2O2Si/c1-83(2,3)57-33-35-61(36-34-57)87(62-43-51-68(52-44-62)92(53-23-24-54-92)67-49-41-60(42-50-67)86(10,11)12)71-56-74(89(64-27-17-14-18-28-64)66-47-39-59(40-48-66)85(7,8)9)81-78(70-30-20-22-32-76(70)90-81)79(71)80-72(87)55-73(77-69-29-19-21-31-75(69)91-82(77)80)88(63-25-15-13-16-26-63)65-45-37-58(38-46-65)84(4,5)6/h13-22,25-52,55-56H,23-24,53-54H2,1-12H3. The first-order valence-electron chi connectivity index (χ1n) is 33.4. The summed E-state index contributed by atoms with van der Waals surface area (Å²) in [6.07, 6.45) is 2.50. The zero-order chi connectivity index (χ0) is 63.7. The van der Waals surface area contributed by atoms with Gasteiger partial charge in [-0.15, -0.1) is 0 Å². The molecule has 1 aliphatic heterocycles. The SMILES string of the molecule is CC(C)(C)c1ccc(N(c2ccccc2)c2cc3c(c4c2oc2ccccc24)-c2c(cc(N(c4ccccc4)c4ccc(C(C)(C)C)cc4)c4c2oc2ccccc24)C3(c2ccc(C(C)(C)C)cc2)c2ccc([Si]3(c4ccc(C(C)(C)C)cc4)CCCC3)cc2)cc1. The molecule has 5 heteroatoms. The highest BCUT2D eigenvalue weighted by molar-refractivity contribution is 7.02. The van der Waals surface area contributed by atoms with E-state index in [9.17, 15) is 0 Å². The summed E-state index contributed by atoms with van der Waals surface area (Å²) in [5.74, 6) is 0. The molecule has 0 N–H and O–H groups in total. The Morgan fingerprint density at radius 2 is 0.685 bits per heavy atom. The summed E-state index contributed by atoms with van der Waals surface area (Å²) >= 11 is 0. The Balaban J connectivity index is 1.12. The molecule has 0 spiro atoms. The summed E-state index contributed by atoms with van der Waals surface area (Å²) in [5.41, 5.74) is 20.7. The van der Waals surface area contributed by atoms with Crippen molar-refractivity contribution in [1.29, 1.82) is 0 Å². The molecule has 2 aromatic heterocycles. The van der Waals surface area contributed by atoms with Crippen LogP contribution in [0.15, 0.2) is 251 Å². The minimum Gasteiger partial charge on any atom is -0.455 e. The van der Waals surface area contributed by atoms with E-state index in [2.05, 4.69) is 336 Å². The lowest BCUT2D eigenvalue weighted by atomic mass is 9.67. The van der Waals surface area contributed by atoms with E-state index in [1.54, 1.807) is 5.19 Å². The molecular weight excluding hydrogens is 1130 g/mol. The summed E-state index contributed by atoms with van der Waals surface area (Å²) in [7, 11) is -2.19. The molecule has 92 heavy (non-hydrogen) atoms. The molecule has 3 heterocycles. The maximum absolute atomic E-state index is 7.72. The summed E-state index contributed by atoms with van der Waals surface area (Å²) in [6, 6.07) is 95.1. The van der Waals surface area contributed by atoms with E-state index in [1.165, 1.54) is 69.1 Å². The van der Waals surface area contributed by atoms with Gasteiger partial charge in [0.2, 0.25) is 0 Å². The van der Waals surface area contributed by atoms with Crippen LogP contribution in [0.2, 0.25) is 12.1 Å². The van der Waals surface area contributed by atoms with Gasteiger partial charge in [0.1, 0.15) is 24.8 Å². The predicted octanol–water partition coefficient (Wildman–Crippen LogP) is 23.3. The number of benzene rings is 11. The van der Waals surface area contributed by atoms with Gasteiger partial charge in [0.15, 0.2) is 5.58 Å². The quantitative estimate of drug-likeness (QED) is 0.128. The molecule has 0 radical (unpaired) electrons. The fraction of sp³-hybridized carbons (Fsp3) is 0.241. The molecule has 0 bridgehead atoms. The number of para-hydroxylation sites is 4. The van der Waals surface area contributed by atoms with Crippen molar-refractivity contribution in [2.75, 3.05) is 9.80 Å². The van der Waals surface area contributed by atoms with Crippen molar-refractivity contribution < 1.29 is 8.83 Å². The number of fused-ring (bicyclic) bond motifs is 11. The van der Waals surface area contributed by atoms with Gasteiger partial charge in [-0.05, 0) is 151 Å². The van der Waals surface area contributed by atoms with Crippen LogP contribution in [0.3, 0.4) is 0 Å². The van der Waals surface area contributed by atoms with Crippen molar-refractivity contribution in [3.8, 4) is 11.1 Å². The summed E-state index contributed by atoms with van der Waals surface area (Å²) in [6.45, 7) is 27.7. The van der Waals surface area contributed by atoms with Crippen LogP contribution in [0.5, 0.6) is 0 Å². The summed E-state index contributed by atoms with van der Waals surface area (Å²) in [4.78, 5) is 4.93. The Labute approximate surface area is 545 Å². The highest BCUT2D eigenvalue weighted by Crippen LogP contribution is 2.65. The predicted molar refractivity (Wildman–Crippen MR) is 393 cm³/mol. The second kappa shape index (κ2) is 21.7. The van der Waals surface area contributed by atoms with Gasteiger partial charge in [0, 0.05) is 50.0 Å². The highest BCUT2D eigenvalue weighted by atomic mass is 28.3. The van der Waals surface area contributed by atoms with E-state index in [1.807, 2.05) is 0 Å². The topological polar surface area (TPSA) is 32.8 Å². The zero-order valence-corrected chi connectivity index (χ0v) is 56.6. The minimum absolute atomic E-state index is 0.0363. The maximum atomic E-state index is 7.72. The van der Waals surface area contributed by atoms with E-state index in [0.717, 1.165) is 94.7 Å². The number of anilines is 6. The normalized spacial score (nSPS) is 15.8. The van der Waals surface area contributed by atoms with E-state index >= 15 is 0 Å². The van der Waals surface area contributed by atoms with Gasteiger partial charge in [-0.1, -0.05) is 276 Å². The van der Waals surface area contributed by atoms with Gasteiger partial charge < -0.3 is 18.6 Å². The Hall–Kier alpha value is -9.16. The van der Waals surface area contributed by atoms with Crippen LogP contribution in [0.1, 0.15) is 140 Å². The van der Waals surface area contributed by atoms with Crippen LogP contribution < -0.4 is 20.2 Å². The molecule has 0 amide bonds. The third kappa shape index (κ3) is 9.59. The number of hydrogen-bond acceptors (Lipinski definition) is 4. The van der Waals surface area contributed by atoms with Crippen molar-refractivity contribution >= 4 is 96.4 Å². The molecule has 0 saturated carbocycles. The number of furan rings is 2. The minimum atomic E-state index is -2.19. The molecule has 13 aromatic rings. The molecule has 1 saturated heterocycles. The van der Waals surface area contributed by atoms with Crippen LogP contribution in [-0.4, -0.2) is 8.07 Å². The molecule has 4 nitrogen and oxygen atoms in total. The van der Waals surface area contributed by atoms with Crippen molar-refractivity contribution in [1.82, 2.24) is 0 Å². The largest absolute Gasteiger partial charge is 0.455 e. The number of hydrogen-bond donors (Lipinski definition) is 0. The smallest absolute Gasteiger partial charge is 0.160 e. The van der Waals surface area contributed by atoms with Crippen molar-refractivity contribution in [2.24, 2.45) is 0 Å². The lowest BCUT2D eigenvalue weighted by molar-refractivity contribution is 0.589. The monoisotopic (exact) mass is 1220 g/mol. The third-order valence-electron chi connectivity index (χ3n) is 20.6. The fourth-order valence-electron chi connectivity index (χ4n) is 15.6. The van der Waals surface area contributed by atoms with E-state index < -0.39 is 13.5 Å².